The minimum absolute atomic E-state index is 0.172. The van der Waals surface area contributed by atoms with Crippen LogP contribution < -0.4 is 5.32 Å². The van der Waals surface area contributed by atoms with E-state index in [0.29, 0.717) is 0 Å². The van der Waals surface area contributed by atoms with Crippen LogP contribution in [-0.4, -0.2) is 29.3 Å². The number of carboxylic acid groups (broad SMARTS) is 1. The van der Waals surface area contributed by atoms with E-state index in [-0.39, 0.29) is 25.0 Å². The van der Waals surface area contributed by atoms with Crippen LogP contribution in [-0.2, 0) is 20.8 Å². The molecule has 0 aromatic heterocycles. The number of amides is 1. The average molecular weight is 235 g/mol. The lowest BCUT2D eigenvalue weighted by Crippen LogP contribution is -2.37. The second-order valence-corrected chi connectivity index (χ2v) is 3.58. The van der Waals surface area contributed by atoms with E-state index in [0.717, 1.165) is 5.56 Å². The highest BCUT2D eigenvalue weighted by atomic mass is 16.4. The third-order valence-electron chi connectivity index (χ3n) is 2.24. The van der Waals surface area contributed by atoms with Gasteiger partial charge >= 0.3 is 5.97 Å². The lowest BCUT2D eigenvalue weighted by molar-refractivity contribution is -0.142. The molecule has 0 aliphatic carbocycles. The monoisotopic (exact) mass is 235 g/mol. The van der Waals surface area contributed by atoms with Crippen molar-refractivity contribution in [3.8, 4) is 0 Å². The van der Waals surface area contributed by atoms with Crippen LogP contribution in [0.15, 0.2) is 30.3 Å². The zero-order chi connectivity index (χ0) is 12.7. The molecule has 1 rings (SSSR count). The van der Waals surface area contributed by atoms with Crippen molar-refractivity contribution in [2.75, 3.05) is 0 Å². The molecule has 5 nitrogen and oxygen atoms in total. The van der Waals surface area contributed by atoms with Gasteiger partial charge in [0.1, 0.15) is 11.8 Å². The maximum Gasteiger partial charge on any atom is 0.326 e. The van der Waals surface area contributed by atoms with Crippen LogP contribution in [0.25, 0.3) is 0 Å². The molecular weight excluding hydrogens is 222 g/mol. The van der Waals surface area contributed by atoms with Gasteiger partial charge in [-0.05, 0) is 5.56 Å². The highest BCUT2D eigenvalue weighted by Gasteiger charge is 2.20. The number of ketones is 1. The fraction of sp³-hybridized carbons (Fsp3) is 0.250. The molecule has 1 aromatic carbocycles. The van der Waals surface area contributed by atoms with Gasteiger partial charge in [-0.2, -0.15) is 0 Å². The first-order valence-electron chi connectivity index (χ1n) is 5.11. The zero-order valence-corrected chi connectivity index (χ0v) is 9.13. The van der Waals surface area contributed by atoms with Crippen LogP contribution in [0.5, 0.6) is 0 Å². The third-order valence-corrected chi connectivity index (χ3v) is 2.24. The van der Waals surface area contributed by atoms with Gasteiger partial charge in [-0.25, -0.2) is 4.79 Å². The van der Waals surface area contributed by atoms with E-state index in [1.54, 1.807) is 24.3 Å². The van der Waals surface area contributed by atoms with Crippen molar-refractivity contribution in [1.29, 1.82) is 0 Å². The Labute approximate surface area is 98.4 Å². The number of carbonyl (C=O) groups is 3. The molecule has 0 aliphatic heterocycles. The standard InChI is InChI=1S/C12H13NO4/c14-8-13-11(12(16)17)7-10(15)6-9-4-2-1-3-5-9/h1-5,8,11H,6-7H2,(H,13,14)(H,16,17). The lowest BCUT2D eigenvalue weighted by Gasteiger charge is -2.09. The summed E-state index contributed by atoms with van der Waals surface area (Å²) in [5.41, 5.74) is 0.827. The minimum Gasteiger partial charge on any atom is -0.480 e. The van der Waals surface area contributed by atoms with Crippen LogP contribution in [0.1, 0.15) is 12.0 Å². The van der Waals surface area contributed by atoms with Crippen LogP contribution in [0.2, 0.25) is 0 Å². The molecule has 5 heteroatoms. The van der Waals surface area contributed by atoms with Gasteiger partial charge in [0.05, 0.1) is 0 Å². The van der Waals surface area contributed by atoms with E-state index in [2.05, 4.69) is 5.32 Å². The quantitative estimate of drug-likeness (QED) is 0.669. The number of nitrogens with one attached hydrogen (secondary N) is 1. The summed E-state index contributed by atoms with van der Waals surface area (Å²) in [5, 5.41) is 10.8. The number of carbonyl (C=O) groups excluding carboxylic acids is 2. The van der Waals surface area contributed by atoms with E-state index in [4.69, 9.17) is 5.11 Å². The SMILES string of the molecule is O=CNC(CC(=O)Cc1ccccc1)C(=O)O. The molecule has 0 saturated heterocycles. The van der Waals surface area contributed by atoms with Gasteiger partial charge in [0.25, 0.3) is 0 Å². The van der Waals surface area contributed by atoms with E-state index in [1.165, 1.54) is 0 Å². The molecular formula is C12H13NO4. The summed E-state index contributed by atoms with van der Waals surface area (Å²) >= 11 is 0. The Bertz CT molecular complexity index is 402. The van der Waals surface area contributed by atoms with E-state index >= 15 is 0 Å². The Hall–Kier alpha value is -2.17. The number of rotatable bonds is 7. The first kappa shape index (κ1) is 12.9. The van der Waals surface area contributed by atoms with Crippen molar-refractivity contribution in [3.63, 3.8) is 0 Å². The Morgan fingerprint density at radius 1 is 1.29 bits per heavy atom. The summed E-state index contributed by atoms with van der Waals surface area (Å²) in [6.45, 7) is 0. The summed E-state index contributed by atoms with van der Waals surface area (Å²) in [6, 6.07) is 7.88. The van der Waals surface area contributed by atoms with Gasteiger partial charge in [0.2, 0.25) is 6.41 Å². The molecule has 0 spiro atoms. The highest BCUT2D eigenvalue weighted by Crippen LogP contribution is 2.03. The Morgan fingerprint density at radius 2 is 1.94 bits per heavy atom. The molecule has 1 amide bonds. The first-order chi connectivity index (χ1) is 8.13. The molecule has 1 aromatic rings. The summed E-state index contributed by atoms with van der Waals surface area (Å²) in [7, 11) is 0. The van der Waals surface area contributed by atoms with Gasteiger partial charge < -0.3 is 10.4 Å². The Kier molecular flexibility index (Phi) is 4.87. The number of hydrogen-bond donors (Lipinski definition) is 2. The number of hydrogen-bond acceptors (Lipinski definition) is 3. The van der Waals surface area contributed by atoms with Crippen molar-refractivity contribution in [2.24, 2.45) is 0 Å². The molecule has 17 heavy (non-hydrogen) atoms. The van der Waals surface area contributed by atoms with Crippen molar-refractivity contribution < 1.29 is 19.5 Å². The Morgan fingerprint density at radius 3 is 2.47 bits per heavy atom. The molecule has 0 radical (unpaired) electrons. The fourth-order valence-corrected chi connectivity index (χ4v) is 1.42. The number of benzene rings is 1. The summed E-state index contributed by atoms with van der Waals surface area (Å²) in [4.78, 5) is 32.5. The fourth-order valence-electron chi connectivity index (χ4n) is 1.42. The third kappa shape index (κ3) is 4.46. The molecule has 0 heterocycles. The average Bonchev–Trinajstić information content (AvgIpc) is 2.29. The molecule has 2 N–H and O–H groups in total. The molecule has 1 unspecified atom stereocenters. The second-order valence-electron chi connectivity index (χ2n) is 3.58. The van der Waals surface area contributed by atoms with Crippen LogP contribution in [0, 0.1) is 0 Å². The molecule has 0 fully saturated rings. The lowest BCUT2D eigenvalue weighted by atomic mass is 10.0. The molecule has 90 valence electrons. The van der Waals surface area contributed by atoms with Gasteiger partial charge in [-0.15, -0.1) is 0 Å². The number of Topliss-reactive ketones (excluding diaryl/α,β-unsaturated/α-hetero) is 1. The Balaban J connectivity index is 2.53. The van der Waals surface area contributed by atoms with Crippen molar-refractivity contribution >= 4 is 18.2 Å². The predicted molar refractivity (Wildman–Crippen MR) is 60.4 cm³/mol. The van der Waals surface area contributed by atoms with Crippen LogP contribution >= 0.6 is 0 Å². The van der Waals surface area contributed by atoms with Crippen LogP contribution in [0.4, 0.5) is 0 Å². The van der Waals surface area contributed by atoms with E-state index < -0.39 is 12.0 Å². The summed E-state index contributed by atoms with van der Waals surface area (Å²) in [6.07, 6.45) is 0.253. The van der Waals surface area contributed by atoms with Crippen molar-refractivity contribution in [3.05, 3.63) is 35.9 Å². The smallest absolute Gasteiger partial charge is 0.326 e. The van der Waals surface area contributed by atoms with E-state index in [9.17, 15) is 14.4 Å². The zero-order valence-electron chi connectivity index (χ0n) is 9.13. The summed E-state index contributed by atoms with van der Waals surface area (Å²) < 4.78 is 0. The second kappa shape index (κ2) is 6.42. The maximum absolute atomic E-state index is 11.6. The maximum atomic E-state index is 11.6. The highest BCUT2D eigenvalue weighted by molar-refractivity contribution is 5.88. The number of carboxylic acids is 1. The summed E-state index contributed by atoms with van der Waals surface area (Å²) in [5.74, 6) is -1.43. The van der Waals surface area contributed by atoms with Gasteiger partial charge in [0.15, 0.2) is 0 Å². The topological polar surface area (TPSA) is 83.5 Å². The van der Waals surface area contributed by atoms with Gasteiger partial charge in [-0.3, -0.25) is 9.59 Å². The van der Waals surface area contributed by atoms with E-state index in [1.807, 2.05) is 6.07 Å². The van der Waals surface area contributed by atoms with Gasteiger partial charge in [-0.1, -0.05) is 30.3 Å². The first-order valence-corrected chi connectivity index (χ1v) is 5.11. The molecule has 0 bridgehead atoms. The minimum atomic E-state index is -1.21. The normalized spacial score (nSPS) is 11.5. The van der Waals surface area contributed by atoms with Crippen LogP contribution in [0.3, 0.4) is 0 Å². The largest absolute Gasteiger partial charge is 0.480 e. The molecule has 1 atom stereocenters. The molecule has 0 aliphatic rings. The predicted octanol–water partition coefficient (Wildman–Crippen LogP) is 0.387. The van der Waals surface area contributed by atoms with Crippen molar-refractivity contribution in [1.82, 2.24) is 5.32 Å². The number of aliphatic carboxylic acids is 1. The van der Waals surface area contributed by atoms with Gasteiger partial charge in [0, 0.05) is 12.8 Å². The van der Waals surface area contributed by atoms with Crippen molar-refractivity contribution in [2.45, 2.75) is 18.9 Å². The molecule has 0 saturated carbocycles.